The van der Waals surface area contributed by atoms with Crippen molar-refractivity contribution in [3.63, 3.8) is 0 Å². The lowest BCUT2D eigenvalue weighted by atomic mass is 10.1. The first kappa shape index (κ1) is 20.2. The third kappa shape index (κ3) is 4.50. The minimum Gasteiger partial charge on any atom is -0.756 e. The zero-order valence-corrected chi connectivity index (χ0v) is 14.9. The van der Waals surface area contributed by atoms with Gasteiger partial charge in [0.15, 0.2) is 17.7 Å². The maximum Gasteiger partial charge on any atom is 0.265 e. The number of aliphatic hydroxyl groups is 1. The van der Waals surface area contributed by atoms with E-state index in [1.54, 1.807) is 0 Å². The number of nitrogens with zero attached hydrogens (tertiary/aromatic N) is 4. The maximum atomic E-state index is 11.1. The normalized spacial score (nSPS) is 30.3. The van der Waals surface area contributed by atoms with Gasteiger partial charge < -0.3 is 44.2 Å². The summed E-state index contributed by atoms with van der Waals surface area (Å²) in [5.74, 6) is 0.0333. The molecule has 1 aliphatic rings. The second-order valence-corrected chi connectivity index (χ2v) is 7.78. The summed E-state index contributed by atoms with van der Waals surface area (Å²) in [6.45, 7) is -0.904. The van der Waals surface area contributed by atoms with E-state index in [1.165, 1.54) is 10.9 Å². The number of phosphoric ester groups is 2. The van der Waals surface area contributed by atoms with Gasteiger partial charge in [-0.05, 0) is 0 Å². The van der Waals surface area contributed by atoms with Gasteiger partial charge in [0.1, 0.15) is 30.2 Å². The van der Waals surface area contributed by atoms with Crippen LogP contribution in [-0.4, -0.2) is 59.3 Å². The number of phosphoric acid groups is 2. The standard InChI is InChI=1S/C10H15N5O10P2/c11-8-5-9(13-2-12-8)15(3-14-5)10-6(16)7(25-27(20,21)22)4(24-10)1-23-26(17,18)19/h2-4,6-7,10,16H,1H2,(H2,11,12,13)(H2,17,18,19)(H2,20,21,22)/p-2/t4-,6-,7-,10-/m1/s1. The Balaban J connectivity index is 1.93. The van der Waals surface area contributed by atoms with Crippen LogP contribution in [0.3, 0.4) is 0 Å². The number of hydrogen-bond acceptors (Lipinski definition) is 12. The molecule has 15 nitrogen and oxygen atoms in total. The third-order valence-electron chi connectivity index (χ3n) is 3.63. The van der Waals surface area contributed by atoms with Gasteiger partial charge in [-0.15, -0.1) is 0 Å². The van der Waals surface area contributed by atoms with Gasteiger partial charge in [0, 0.05) is 0 Å². The van der Waals surface area contributed by atoms with Crippen LogP contribution < -0.4 is 15.5 Å². The van der Waals surface area contributed by atoms with Crippen molar-refractivity contribution in [1.29, 1.82) is 0 Å². The molecule has 1 aliphatic heterocycles. The third-order valence-corrected chi connectivity index (χ3v) is 4.61. The van der Waals surface area contributed by atoms with Gasteiger partial charge in [-0.2, -0.15) is 0 Å². The van der Waals surface area contributed by atoms with E-state index in [-0.39, 0.29) is 17.0 Å². The molecule has 3 rings (SSSR count). The lowest BCUT2D eigenvalue weighted by Gasteiger charge is -2.26. The van der Waals surface area contributed by atoms with Crippen LogP contribution in [0.1, 0.15) is 6.23 Å². The number of hydrogen-bond donors (Lipinski definition) is 4. The highest BCUT2D eigenvalue weighted by molar-refractivity contribution is 7.45. The molecular formula is C10H13N5O10P2-2. The summed E-state index contributed by atoms with van der Waals surface area (Å²) in [5, 5.41) is 10.4. The predicted molar refractivity (Wildman–Crippen MR) is 80.1 cm³/mol. The van der Waals surface area contributed by atoms with Crippen LogP contribution in [0.2, 0.25) is 0 Å². The predicted octanol–water partition coefficient (Wildman–Crippen LogP) is -3.01. The van der Waals surface area contributed by atoms with E-state index in [9.17, 15) is 24.0 Å². The van der Waals surface area contributed by atoms with Gasteiger partial charge in [0.05, 0.1) is 12.9 Å². The lowest BCUT2D eigenvalue weighted by Crippen LogP contribution is -2.37. The van der Waals surface area contributed by atoms with Crippen molar-refractivity contribution in [1.82, 2.24) is 19.5 Å². The molecule has 0 amide bonds. The number of nitrogen functional groups attached to an aromatic ring is 1. The molecule has 17 heteroatoms. The Labute approximate surface area is 150 Å². The number of aliphatic hydroxyl groups excluding tert-OH is 1. The van der Waals surface area contributed by atoms with Gasteiger partial charge in [-0.25, -0.2) is 15.0 Å². The van der Waals surface area contributed by atoms with E-state index in [1.807, 2.05) is 0 Å². The molecule has 2 unspecified atom stereocenters. The largest absolute Gasteiger partial charge is 0.756 e. The van der Waals surface area contributed by atoms with Crippen molar-refractivity contribution >= 4 is 32.6 Å². The van der Waals surface area contributed by atoms with Crippen LogP contribution in [0.5, 0.6) is 0 Å². The molecule has 0 aromatic carbocycles. The van der Waals surface area contributed by atoms with Gasteiger partial charge in [0.25, 0.3) is 15.6 Å². The summed E-state index contributed by atoms with van der Waals surface area (Å²) in [5.41, 5.74) is 5.95. The minimum atomic E-state index is -5.34. The van der Waals surface area contributed by atoms with Crippen LogP contribution in [0.25, 0.3) is 11.2 Å². The zero-order valence-electron chi connectivity index (χ0n) is 13.1. The monoisotopic (exact) mass is 425 g/mol. The molecule has 2 aromatic heterocycles. The Kier molecular flexibility index (Phi) is 5.35. The number of ether oxygens (including phenoxy) is 1. The highest BCUT2D eigenvalue weighted by Gasteiger charge is 2.47. The van der Waals surface area contributed by atoms with E-state index >= 15 is 0 Å². The molecule has 27 heavy (non-hydrogen) atoms. The Bertz CT molecular complexity index is 926. The highest BCUT2D eigenvalue weighted by Crippen LogP contribution is 2.43. The second-order valence-electron chi connectivity index (χ2n) is 5.44. The summed E-state index contributed by atoms with van der Waals surface area (Å²) >= 11 is 0. The summed E-state index contributed by atoms with van der Waals surface area (Å²) in [6.07, 6.45) is -4.07. The Morgan fingerprint density at radius 2 is 1.96 bits per heavy atom. The van der Waals surface area contributed by atoms with Crippen molar-refractivity contribution in [2.45, 2.75) is 24.5 Å². The average Bonchev–Trinajstić information content (AvgIpc) is 3.07. The van der Waals surface area contributed by atoms with Crippen molar-refractivity contribution < 1.29 is 47.6 Å². The molecule has 0 spiro atoms. The van der Waals surface area contributed by atoms with Crippen LogP contribution in [0, 0.1) is 0 Å². The number of nitrogens with two attached hydrogens (primary N) is 1. The Hall–Kier alpha value is -1.51. The van der Waals surface area contributed by atoms with E-state index in [2.05, 4.69) is 24.0 Å². The Morgan fingerprint density at radius 3 is 2.59 bits per heavy atom. The quantitative estimate of drug-likeness (QED) is 0.337. The zero-order chi connectivity index (χ0) is 20.0. The molecule has 1 fully saturated rings. The minimum absolute atomic E-state index is 0.0333. The molecule has 3 heterocycles. The van der Waals surface area contributed by atoms with Crippen molar-refractivity contribution in [2.24, 2.45) is 0 Å². The van der Waals surface area contributed by atoms with E-state index in [4.69, 9.17) is 20.3 Å². The highest BCUT2D eigenvalue weighted by atomic mass is 31.2. The first-order valence-corrected chi connectivity index (χ1v) is 10.1. The van der Waals surface area contributed by atoms with E-state index in [0.29, 0.717) is 0 Å². The molecule has 0 radical (unpaired) electrons. The number of anilines is 1. The van der Waals surface area contributed by atoms with Crippen LogP contribution in [0.4, 0.5) is 5.82 Å². The first-order valence-electron chi connectivity index (χ1n) is 7.13. The van der Waals surface area contributed by atoms with E-state index < -0.39 is 46.8 Å². The van der Waals surface area contributed by atoms with Gasteiger partial charge in [-0.1, -0.05) is 0 Å². The number of rotatable bonds is 6. The lowest BCUT2D eigenvalue weighted by molar-refractivity contribution is -0.229. The maximum absolute atomic E-state index is 11.1. The van der Waals surface area contributed by atoms with Gasteiger partial charge in [0.2, 0.25) is 0 Å². The van der Waals surface area contributed by atoms with Crippen LogP contribution in [0.15, 0.2) is 12.7 Å². The van der Waals surface area contributed by atoms with Crippen molar-refractivity contribution in [2.75, 3.05) is 12.3 Å². The molecule has 0 saturated carbocycles. The van der Waals surface area contributed by atoms with E-state index in [0.717, 1.165) is 6.33 Å². The summed E-state index contributed by atoms with van der Waals surface area (Å²) in [6, 6.07) is 0. The fraction of sp³-hybridized carbons (Fsp3) is 0.500. The van der Waals surface area contributed by atoms with Gasteiger partial charge in [-0.3, -0.25) is 13.7 Å². The number of aromatic nitrogens is 4. The molecule has 0 aliphatic carbocycles. The molecule has 150 valence electrons. The summed E-state index contributed by atoms with van der Waals surface area (Å²) in [4.78, 5) is 51.1. The fourth-order valence-electron chi connectivity index (χ4n) is 2.59. The van der Waals surface area contributed by atoms with Crippen molar-refractivity contribution in [3.05, 3.63) is 12.7 Å². The molecule has 1 saturated heterocycles. The van der Waals surface area contributed by atoms with Crippen molar-refractivity contribution in [3.8, 4) is 0 Å². The number of fused-ring (bicyclic) bond motifs is 1. The number of imidazole rings is 1. The fourth-order valence-corrected chi connectivity index (χ4v) is 3.49. The smallest absolute Gasteiger partial charge is 0.265 e. The van der Waals surface area contributed by atoms with Crippen LogP contribution >= 0.6 is 15.6 Å². The summed E-state index contributed by atoms with van der Waals surface area (Å²) in [7, 11) is -10.5. The topological polar surface area (TPSA) is 238 Å². The Morgan fingerprint density at radius 1 is 1.26 bits per heavy atom. The van der Waals surface area contributed by atoms with Gasteiger partial charge >= 0.3 is 0 Å². The van der Waals surface area contributed by atoms with Crippen LogP contribution in [-0.2, 0) is 22.9 Å². The molecule has 6 atom stereocenters. The molecular weight excluding hydrogens is 412 g/mol. The molecule has 5 N–H and O–H groups in total. The SMILES string of the molecule is Nc1ncnc2c1ncn2[C@@H]1O[C@H](COP(=O)([O-])O)[C@@H](OP(=O)([O-])O)[C@H]1O. The second kappa shape index (κ2) is 7.14. The summed E-state index contributed by atoms with van der Waals surface area (Å²) < 4.78 is 37.0. The first-order chi connectivity index (χ1) is 12.5. The molecule has 2 aromatic rings. The average molecular weight is 425 g/mol. The molecule has 0 bridgehead atoms.